The lowest BCUT2D eigenvalue weighted by molar-refractivity contribution is -0.140. The molecule has 1 heterocycles. The highest BCUT2D eigenvalue weighted by molar-refractivity contribution is 7.90. The highest BCUT2D eigenvalue weighted by atomic mass is 35.5. The molecule has 3 N–H and O–H groups in total. The highest BCUT2D eigenvalue weighted by Gasteiger charge is 2.37. The van der Waals surface area contributed by atoms with Crippen molar-refractivity contribution in [2.75, 3.05) is 13.1 Å². The Morgan fingerprint density at radius 2 is 1.82 bits per heavy atom. The fourth-order valence-corrected chi connectivity index (χ4v) is 4.46. The first-order chi connectivity index (χ1) is 12.9. The molecule has 1 aromatic rings. The molecular weight excluding hydrogens is 423 g/mol. The average Bonchev–Trinajstić information content (AvgIpc) is 2.61. The molecular formula is C19H28Cl2N2O4S. The van der Waals surface area contributed by atoms with Crippen LogP contribution in [0, 0.1) is 5.92 Å². The molecule has 1 fully saturated rings. The fraction of sp³-hybridized carbons (Fsp3) is 0.632. The summed E-state index contributed by atoms with van der Waals surface area (Å²) in [6.07, 6.45) is 0.242. The zero-order valence-corrected chi connectivity index (χ0v) is 18.9. The summed E-state index contributed by atoms with van der Waals surface area (Å²) in [7, 11) is 0. The molecule has 0 bridgehead atoms. The molecule has 0 aliphatic carbocycles. The second-order valence-corrected chi connectivity index (χ2v) is 11.0. The van der Waals surface area contributed by atoms with Crippen LogP contribution in [0.4, 0.5) is 0 Å². The molecule has 1 saturated heterocycles. The van der Waals surface area contributed by atoms with Crippen LogP contribution in [0.1, 0.15) is 52.1 Å². The third-order valence-electron chi connectivity index (χ3n) is 4.87. The van der Waals surface area contributed by atoms with Gasteiger partial charge in [0.05, 0.1) is 16.1 Å². The van der Waals surface area contributed by atoms with Gasteiger partial charge in [0, 0.05) is 36.1 Å². The van der Waals surface area contributed by atoms with Crippen LogP contribution < -0.4 is 4.72 Å². The van der Waals surface area contributed by atoms with Crippen molar-refractivity contribution in [3.8, 4) is 5.75 Å². The molecule has 0 aromatic heterocycles. The summed E-state index contributed by atoms with van der Waals surface area (Å²) in [5, 5.41) is 20.5. The Hall–Kier alpha value is -0.700. The number of phenols is 1. The number of amides is 1. The third-order valence-corrected chi connectivity index (χ3v) is 7.18. The van der Waals surface area contributed by atoms with Crippen molar-refractivity contribution in [2.24, 2.45) is 5.92 Å². The van der Waals surface area contributed by atoms with E-state index in [2.05, 4.69) is 4.72 Å². The van der Waals surface area contributed by atoms with Gasteiger partial charge >= 0.3 is 0 Å². The first kappa shape index (κ1) is 23.6. The lowest BCUT2D eigenvalue weighted by atomic mass is 9.85. The number of aliphatic hydroxyl groups excluding tert-OH is 1. The number of nitrogens with zero attached hydrogens (tertiary/aromatic N) is 1. The summed E-state index contributed by atoms with van der Waals surface area (Å²) in [4.78, 5) is 13.7. The molecule has 0 spiro atoms. The summed E-state index contributed by atoms with van der Waals surface area (Å²) in [6, 6.07) is 2.57. The molecule has 1 aromatic carbocycles. The van der Waals surface area contributed by atoms with E-state index in [-0.39, 0.29) is 22.6 Å². The molecule has 1 aliphatic rings. The topological polar surface area (TPSA) is 95.9 Å². The van der Waals surface area contributed by atoms with Gasteiger partial charge in [-0.25, -0.2) is 0 Å². The van der Waals surface area contributed by atoms with Crippen LogP contribution >= 0.6 is 23.2 Å². The number of nitrogens with one attached hydrogen (secondary N) is 1. The van der Waals surface area contributed by atoms with E-state index in [1.165, 1.54) is 13.0 Å². The summed E-state index contributed by atoms with van der Waals surface area (Å²) < 4.78 is 15.4. The maximum absolute atomic E-state index is 12.8. The van der Waals surface area contributed by atoms with Crippen LogP contribution in [0.25, 0.3) is 0 Å². The van der Waals surface area contributed by atoms with Gasteiger partial charge in [-0.05, 0) is 52.5 Å². The van der Waals surface area contributed by atoms with Crippen LogP contribution in [0.2, 0.25) is 10.0 Å². The molecule has 1 amide bonds. The lowest BCUT2D eigenvalue weighted by Gasteiger charge is -2.38. The van der Waals surface area contributed by atoms with E-state index in [1.807, 2.05) is 20.8 Å². The maximum Gasteiger partial charge on any atom is 0.251 e. The summed E-state index contributed by atoms with van der Waals surface area (Å²) >= 11 is 10.8. The minimum Gasteiger partial charge on any atom is -0.598 e. The van der Waals surface area contributed by atoms with Gasteiger partial charge in [0.25, 0.3) is 5.91 Å². The van der Waals surface area contributed by atoms with Gasteiger partial charge < -0.3 is 19.7 Å². The lowest BCUT2D eigenvalue weighted by Crippen LogP contribution is -2.47. The van der Waals surface area contributed by atoms with Gasteiger partial charge in [-0.15, -0.1) is 4.72 Å². The first-order valence-electron chi connectivity index (χ1n) is 9.24. The number of halogens is 2. The zero-order valence-electron chi connectivity index (χ0n) is 16.5. The SMILES string of the molecule is C[C@@H](O)C(=O)N1CCC([C@@H](N[S+]([O-])C(C)(C)C)c2cc(Cl)c(Cl)cc2O)CC1. The number of carbonyl (C=O) groups is 1. The van der Waals surface area contributed by atoms with Crippen molar-refractivity contribution in [1.82, 2.24) is 9.62 Å². The van der Waals surface area contributed by atoms with E-state index < -0.39 is 28.3 Å². The second kappa shape index (κ2) is 9.41. The molecule has 1 aliphatic heterocycles. The van der Waals surface area contributed by atoms with Crippen LogP contribution in [0.5, 0.6) is 5.75 Å². The van der Waals surface area contributed by atoms with Crippen LogP contribution in [0.15, 0.2) is 12.1 Å². The molecule has 6 nitrogen and oxygen atoms in total. The monoisotopic (exact) mass is 450 g/mol. The summed E-state index contributed by atoms with van der Waals surface area (Å²) in [5.74, 6) is -0.286. The van der Waals surface area contributed by atoms with Gasteiger partial charge in [-0.1, -0.05) is 23.2 Å². The minimum absolute atomic E-state index is 0.0136. The van der Waals surface area contributed by atoms with Crippen molar-refractivity contribution >= 4 is 40.5 Å². The standard InChI is InChI=1S/C19H28Cl2N2O4S/c1-11(24)18(26)23-7-5-12(6-8-23)17(22-28(27)19(2,3)4)13-9-14(20)15(21)10-16(13)25/h9-12,17,22,24-25H,5-8H2,1-4H3/t11-,17-,28?/m1/s1. The Morgan fingerprint density at radius 1 is 1.29 bits per heavy atom. The Balaban J connectivity index is 2.28. The highest BCUT2D eigenvalue weighted by Crippen LogP contribution is 2.40. The molecule has 0 radical (unpaired) electrons. The summed E-state index contributed by atoms with van der Waals surface area (Å²) in [5.41, 5.74) is 0.535. The molecule has 0 saturated carbocycles. The van der Waals surface area contributed by atoms with E-state index in [9.17, 15) is 19.6 Å². The number of phenolic OH excluding ortho intramolecular Hbond substituents is 1. The van der Waals surface area contributed by atoms with Crippen molar-refractivity contribution in [3.63, 3.8) is 0 Å². The van der Waals surface area contributed by atoms with Gasteiger partial charge in [-0.2, -0.15) is 0 Å². The predicted octanol–water partition coefficient (Wildman–Crippen LogP) is 3.41. The number of hydrogen-bond donors (Lipinski definition) is 3. The molecule has 158 valence electrons. The van der Waals surface area contributed by atoms with Crippen molar-refractivity contribution in [1.29, 1.82) is 0 Å². The van der Waals surface area contributed by atoms with Gasteiger partial charge in [0.15, 0.2) is 0 Å². The van der Waals surface area contributed by atoms with E-state index >= 15 is 0 Å². The zero-order chi connectivity index (χ0) is 21.2. The van der Waals surface area contributed by atoms with E-state index in [1.54, 1.807) is 11.0 Å². The number of benzene rings is 1. The number of hydrogen-bond acceptors (Lipinski definition) is 5. The second-order valence-electron chi connectivity index (χ2n) is 8.14. The molecule has 9 heteroatoms. The van der Waals surface area contributed by atoms with Crippen LogP contribution in [-0.2, 0) is 16.2 Å². The number of rotatable bonds is 5. The fourth-order valence-electron chi connectivity index (χ4n) is 3.22. The first-order valence-corrected chi connectivity index (χ1v) is 11.1. The predicted molar refractivity (Wildman–Crippen MR) is 113 cm³/mol. The number of aliphatic hydroxyl groups is 1. The normalized spacial score (nSPS) is 19.4. The van der Waals surface area contributed by atoms with Crippen molar-refractivity contribution < 1.29 is 19.6 Å². The van der Waals surface area contributed by atoms with E-state index in [0.717, 1.165) is 0 Å². The smallest absolute Gasteiger partial charge is 0.251 e. The Morgan fingerprint density at radius 3 is 2.32 bits per heavy atom. The Kier molecular flexibility index (Phi) is 7.92. The maximum atomic E-state index is 12.8. The molecule has 1 unspecified atom stereocenters. The van der Waals surface area contributed by atoms with Crippen molar-refractivity contribution in [2.45, 2.75) is 57.4 Å². The molecule has 2 rings (SSSR count). The molecule has 3 atom stereocenters. The minimum atomic E-state index is -1.37. The largest absolute Gasteiger partial charge is 0.598 e. The number of carbonyl (C=O) groups excluding carboxylic acids is 1. The quantitative estimate of drug-likeness (QED) is 0.597. The van der Waals surface area contributed by atoms with E-state index in [0.29, 0.717) is 36.5 Å². The van der Waals surface area contributed by atoms with Crippen molar-refractivity contribution in [3.05, 3.63) is 27.7 Å². The Bertz CT molecular complexity index is 704. The van der Waals surface area contributed by atoms with Crippen LogP contribution in [-0.4, -0.2) is 49.5 Å². The number of aromatic hydroxyl groups is 1. The number of likely N-dealkylation sites (tertiary alicyclic amines) is 1. The summed E-state index contributed by atoms with van der Waals surface area (Å²) in [6.45, 7) is 8.02. The third kappa shape index (κ3) is 5.68. The Labute approximate surface area is 179 Å². The van der Waals surface area contributed by atoms with Gasteiger partial charge in [0.1, 0.15) is 16.6 Å². The van der Waals surface area contributed by atoms with E-state index in [4.69, 9.17) is 23.2 Å². The van der Waals surface area contributed by atoms with Gasteiger partial charge in [-0.3, -0.25) is 4.79 Å². The average molecular weight is 451 g/mol. The molecule has 28 heavy (non-hydrogen) atoms. The van der Waals surface area contributed by atoms with Gasteiger partial charge in [0.2, 0.25) is 0 Å². The van der Waals surface area contributed by atoms with Crippen LogP contribution in [0.3, 0.4) is 0 Å². The number of piperidine rings is 1.